The molecule has 2 aromatic rings. The zero-order valence-electron chi connectivity index (χ0n) is 13.0. The highest BCUT2D eigenvalue weighted by molar-refractivity contribution is 5.89. The summed E-state index contributed by atoms with van der Waals surface area (Å²) in [5.74, 6) is 0.221. The van der Waals surface area contributed by atoms with Crippen LogP contribution in [-0.4, -0.2) is 25.4 Å². The van der Waals surface area contributed by atoms with Gasteiger partial charge < -0.3 is 4.57 Å². The van der Waals surface area contributed by atoms with Gasteiger partial charge in [0.25, 0.3) is 5.56 Å². The Morgan fingerprint density at radius 3 is 2.67 bits per heavy atom. The zero-order chi connectivity index (χ0) is 15.8. The molecule has 0 aliphatic heterocycles. The lowest BCUT2D eigenvalue weighted by molar-refractivity contribution is -0.116. The number of carbonyl (C=O) groups is 1. The maximum absolute atomic E-state index is 12.0. The molecule has 7 nitrogen and oxygen atoms in total. The fourth-order valence-corrected chi connectivity index (χ4v) is 2.01. The number of aromatic nitrogens is 4. The van der Waals surface area contributed by atoms with Crippen LogP contribution < -0.4 is 10.9 Å². The second kappa shape index (κ2) is 5.31. The van der Waals surface area contributed by atoms with Crippen LogP contribution in [0.2, 0.25) is 0 Å². The number of nitrogens with zero attached hydrogens (tertiary/aromatic N) is 3. The second-order valence-corrected chi connectivity index (χ2v) is 6.52. The Kier molecular flexibility index (Phi) is 3.85. The van der Waals surface area contributed by atoms with Crippen molar-refractivity contribution >= 4 is 23.0 Å². The monoisotopic (exact) mass is 291 g/mol. The van der Waals surface area contributed by atoms with Crippen molar-refractivity contribution in [2.45, 2.75) is 46.6 Å². The lowest BCUT2D eigenvalue weighted by Crippen LogP contribution is -2.23. The van der Waals surface area contributed by atoms with Crippen LogP contribution >= 0.6 is 0 Å². The lowest BCUT2D eigenvalue weighted by Gasteiger charge is -2.20. The van der Waals surface area contributed by atoms with E-state index in [1.54, 1.807) is 6.33 Å². The average Bonchev–Trinajstić information content (AvgIpc) is 2.71. The molecule has 7 heteroatoms. The van der Waals surface area contributed by atoms with Gasteiger partial charge in [-0.25, -0.2) is 4.98 Å². The zero-order valence-corrected chi connectivity index (χ0v) is 13.0. The number of aromatic amines is 1. The molecule has 0 saturated heterocycles. The average molecular weight is 291 g/mol. The molecule has 2 rings (SSSR count). The molecule has 0 spiro atoms. The second-order valence-electron chi connectivity index (χ2n) is 6.52. The van der Waals surface area contributed by atoms with Crippen LogP contribution in [0, 0.1) is 5.92 Å². The Bertz CT molecular complexity index is 721. The highest BCUT2D eigenvalue weighted by Gasteiger charge is 2.19. The van der Waals surface area contributed by atoms with Gasteiger partial charge in [0.2, 0.25) is 11.9 Å². The Morgan fingerprint density at radius 2 is 2.10 bits per heavy atom. The Hall–Kier alpha value is -2.18. The molecule has 2 aromatic heterocycles. The van der Waals surface area contributed by atoms with Gasteiger partial charge in [0, 0.05) is 12.0 Å². The molecule has 0 radical (unpaired) electrons. The third kappa shape index (κ3) is 3.29. The number of hydrogen-bond acceptors (Lipinski definition) is 4. The Labute approximate surface area is 122 Å². The van der Waals surface area contributed by atoms with E-state index in [1.165, 1.54) is 0 Å². The van der Waals surface area contributed by atoms with Crippen molar-refractivity contribution in [3.05, 3.63) is 16.7 Å². The van der Waals surface area contributed by atoms with E-state index in [4.69, 9.17) is 0 Å². The molecule has 0 unspecified atom stereocenters. The van der Waals surface area contributed by atoms with E-state index in [1.807, 2.05) is 39.2 Å². The van der Waals surface area contributed by atoms with Crippen molar-refractivity contribution in [3.8, 4) is 0 Å². The quantitative estimate of drug-likeness (QED) is 0.902. The minimum Gasteiger partial charge on any atom is -0.310 e. The van der Waals surface area contributed by atoms with Crippen LogP contribution in [0.5, 0.6) is 0 Å². The van der Waals surface area contributed by atoms with Crippen molar-refractivity contribution in [2.75, 3.05) is 5.32 Å². The number of imidazole rings is 1. The molecule has 114 valence electrons. The molecule has 1 amide bonds. The van der Waals surface area contributed by atoms with Crippen LogP contribution in [0.25, 0.3) is 11.2 Å². The maximum atomic E-state index is 12.0. The van der Waals surface area contributed by atoms with E-state index in [-0.39, 0.29) is 34.4 Å². The summed E-state index contributed by atoms with van der Waals surface area (Å²) in [6, 6.07) is 0. The molecule has 0 saturated carbocycles. The van der Waals surface area contributed by atoms with Gasteiger partial charge >= 0.3 is 0 Å². The van der Waals surface area contributed by atoms with Gasteiger partial charge in [-0.2, -0.15) is 4.98 Å². The third-order valence-electron chi connectivity index (χ3n) is 2.98. The van der Waals surface area contributed by atoms with Gasteiger partial charge in [-0.1, -0.05) is 13.8 Å². The van der Waals surface area contributed by atoms with Crippen molar-refractivity contribution in [3.63, 3.8) is 0 Å². The van der Waals surface area contributed by atoms with E-state index in [2.05, 4.69) is 20.3 Å². The SMILES string of the molecule is CC(C)CC(=O)Nc1nc2c(ncn2C(C)(C)C)c(=O)[nH]1. The number of fused-ring (bicyclic) bond motifs is 1. The third-order valence-corrected chi connectivity index (χ3v) is 2.98. The van der Waals surface area contributed by atoms with Crippen molar-refractivity contribution in [1.82, 2.24) is 19.5 Å². The summed E-state index contributed by atoms with van der Waals surface area (Å²) < 4.78 is 1.82. The van der Waals surface area contributed by atoms with Crippen LogP contribution in [0.15, 0.2) is 11.1 Å². The van der Waals surface area contributed by atoms with E-state index < -0.39 is 0 Å². The first kappa shape index (κ1) is 15.2. The van der Waals surface area contributed by atoms with Gasteiger partial charge in [-0.3, -0.25) is 19.9 Å². The normalized spacial score (nSPS) is 12.1. The summed E-state index contributed by atoms with van der Waals surface area (Å²) in [4.78, 5) is 34.8. The molecule has 0 aliphatic rings. The number of hydrogen-bond donors (Lipinski definition) is 2. The molecule has 21 heavy (non-hydrogen) atoms. The highest BCUT2D eigenvalue weighted by atomic mass is 16.2. The van der Waals surface area contributed by atoms with Crippen molar-refractivity contribution < 1.29 is 4.79 Å². The minimum atomic E-state index is -0.358. The molecule has 0 bridgehead atoms. The fraction of sp³-hybridized carbons (Fsp3) is 0.571. The van der Waals surface area contributed by atoms with Crippen LogP contribution in [-0.2, 0) is 10.3 Å². The van der Waals surface area contributed by atoms with Gasteiger partial charge in [0.15, 0.2) is 11.2 Å². The van der Waals surface area contributed by atoms with Gasteiger partial charge in [-0.05, 0) is 26.7 Å². The molecular formula is C14H21N5O2. The standard InChI is InChI=1S/C14H21N5O2/c1-8(2)6-9(20)16-13-17-11-10(12(21)18-13)15-7-19(11)14(3,4)5/h7-8H,6H2,1-5H3,(H2,16,17,18,20,21). The van der Waals surface area contributed by atoms with Crippen LogP contribution in [0.1, 0.15) is 41.0 Å². The topological polar surface area (TPSA) is 92.7 Å². The largest absolute Gasteiger partial charge is 0.310 e. The first-order chi connectivity index (χ1) is 9.68. The van der Waals surface area contributed by atoms with Crippen molar-refractivity contribution in [1.29, 1.82) is 0 Å². The van der Waals surface area contributed by atoms with E-state index in [0.717, 1.165) is 0 Å². The number of amides is 1. The first-order valence-corrected chi connectivity index (χ1v) is 6.96. The molecule has 2 heterocycles. The number of rotatable bonds is 3. The summed E-state index contributed by atoms with van der Waals surface area (Å²) in [5, 5.41) is 2.63. The lowest BCUT2D eigenvalue weighted by atomic mass is 10.1. The molecular weight excluding hydrogens is 270 g/mol. The van der Waals surface area contributed by atoms with Crippen LogP contribution in [0.3, 0.4) is 0 Å². The number of nitrogens with one attached hydrogen (secondary N) is 2. The summed E-state index contributed by atoms with van der Waals surface area (Å²) >= 11 is 0. The predicted octanol–water partition coefficient (Wildman–Crippen LogP) is 1.86. The van der Waals surface area contributed by atoms with E-state index in [9.17, 15) is 9.59 Å². The highest BCUT2D eigenvalue weighted by Crippen LogP contribution is 2.19. The van der Waals surface area contributed by atoms with Gasteiger partial charge in [0.05, 0.1) is 6.33 Å². The Balaban J connectivity index is 2.43. The molecule has 2 N–H and O–H groups in total. The number of carbonyl (C=O) groups excluding carboxylic acids is 1. The number of anilines is 1. The summed E-state index contributed by atoms with van der Waals surface area (Å²) in [5.41, 5.74) is 0.120. The predicted molar refractivity (Wildman–Crippen MR) is 81.2 cm³/mol. The smallest absolute Gasteiger partial charge is 0.280 e. The fourth-order valence-electron chi connectivity index (χ4n) is 2.01. The van der Waals surface area contributed by atoms with Crippen LogP contribution in [0.4, 0.5) is 5.95 Å². The molecule has 0 atom stereocenters. The Morgan fingerprint density at radius 1 is 1.43 bits per heavy atom. The summed E-state index contributed by atoms with van der Waals surface area (Å²) in [6.45, 7) is 9.89. The molecule has 0 aliphatic carbocycles. The van der Waals surface area contributed by atoms with Gasteiger partial charge in [-0.15, -0.1) is 0 Å². The maximum Gasteiger partial charge on any atom is 0.280 e. The molecule has 0 fully saturated rings. The first-order valence-electron chi connectivity index (χ1n) is 6.96. The van der Waals surface area contributed by atoms with Gasteiger partial charge in [0.1, 0.15) is 0 Å². The summed E-state index contributed by atoms with van der Waals surface area (Å²) in [7, 11) is 0. The number of H-pyrrole nitrogens is 1. The molecule has 0 aromatic carbocycles. The van der Waals surface area contributed by atoms with Crippen molar-refractivity contribution in [2.24, 2.45) is 5.92 Å². The summed E-state index contributed by atoms with van der Waals surface area (Å²) in [6.07, 6.45) is 1.97. The minimum absolute atomic E-state index is 0.157. The van der Waals surface area contributed by atoms with E-state index >= 15 is 0 Å². The van der Waals surface area contributed by atoms with E-state index in [0.29, 0.717) is 12.1 Å².